The molecule has 13 nitrogen and oxygen atoms in total. The number of carbonyl (C=O) groups excluding carboxylic acids is 3. The number of amidine groups is 3. The van der Waals surface area contributed by atoms with Gasteiger partial charge in [-0.1, -0.05) is 233 Å². The Hall–Kier alpha value is -2.17. The van der Waals surface area contributed by atoms with E-state index in [-0.39, 0.29) is 17.9 Å². The highest BCUT2D eigenvalue weighted by molar-refractivity contribution is 7.99. The fourth-order valence-electron chi connectivity index (χ4n) is 10.5. The van der Waals surface area contributed by atoms with E-state index in [1.165, 1.54) is 193 Å². The average Bonchev–Trinajstić information content (AvgIpc) is 3.52. The Morgan fingerprint density at radius 2 is 0.517 bits per heavy atom. The topological polar surface area (TPSA) is 190 Å². The molecule has 0 amide bonds. The zero-order valence-electron chi connectivity index (χ0n) is 57.0. The van der Waals surface area contributed by atoms with Gasteiger partial charge in [0.05, 0.1) is 56.6 Å². The molecule has 0 aromatic rings. The van der Waals surface area contributed by atoms with Crippen molar-refractivity contribution in [1.29, 1.82) is 16.2 Å². The van der Waals surface area contributed by atoms with Gasteiger partial charge in [0, 0.05) is 61.9 Å². The molecule has 0 saturated carbocycles. The molecule has 0 rings (SSSR count). The van der Waals surface area contributed by atoms with Crippen molar-refractivity contribution < 1.29 is 28.6 Å². The summed E-state index contributed by atoms with van der Waals surface area (Å²) in [6.07, 6.45) is 54.5. The first-order valence-corrected chi connectivity index (χ1v) is 40.0. The number of esters is 3. The van der Waals surface area contributed by atoms with Crippen molar-refractivity contribution in [3.8, 4) is 0 Å². The zero-order chi connectivity index (χ0) is 63.2. The highest BCUT2D eigenvalue weighted by atomic mass is 32.2. The summed E-state index contributed by atoms with van der Waals surface area (Å²) in [5, 5.41) is 35.5. The van der Waals surface area contributed by atoms with Gasteiger partial charge in [0.25, 0.3) is 0 Å². The van der Waals surface area contributed by atoms with Crippen LogP contribution in [0.2, 0.25) is 0 Å². The molecule has 0 aliphatic carbocycles. The second kappa shape index (κ2) is 71.3. The summed E-state index contributed by atoms with van der Waals surface area (Å²) in [6.45, 7) is 13.3. The minimum Gasteiger partial charge on any atom is -0.466 e. The lowest BCUT2D eigenvalue weighted by Crippen LogP contribution is -2.34. The summed E-state index contributed by atoms with van der Waals surface area (Å²) >= 11 is 5.24. The van der Waals surface area contributed by atoms with Crippen molar-refractivity contribution in [2.75, 3.05) is 93.6 Å². The lowest BCUT2D eigenvalue weighted by molar-refractivity contribution is -0.144. The summed E-state index contributed by atoms with van der Waals surface area (Å²) in [5.41, 5.74) is 0. The van der Waals surface area contributed by atoms with Crippen molar-refractivity contribution in [1.82, 2.24) is 20.9 Å². The minimum absolute atomic E-state index is 0.0913. The van der Waals surface area contributed by atoms with Crippen LogP contribution in [-0.4, -0.2) is 134 Å². The first-order chi connectivity index (χ1) is 42.7. The number of nitrogens with one attached hydrogen (secondary N) is 6. The molecule has 0 spiro atoms. The number of unbranched alkanes of at least 4 members (excludes halogenated alkanes) is 33. The van der Waals surface area contributed by atoms with E-state index >= 15 is 0 Å². The molecule has 87 heavy (non-hydrogen) atoms. The third kappa shape index (κ3) is 69.6. The van der Waals surface area contributed by atoms with Crippen molar-refractivity contribution in [2.24, 2.45) is 0 Å². The fraction of sp³-hybridized carbons (Fsp3) is 0.915. The Morgan fingerprint density at radius 3 is 0.793 bits per heavy atom. The Balaban J connectivity index is 4.40. The van der Waals surface area contributed by atoms with Gasteiger partial charge in [-0.3, -0.25) is 30.6 Å². The highest BCUT2D eigenvalue weighted by Gasteiger charge is 2.10. The maximum atomic E-state index is 12.3. The summed E-state index contributed by atoms with van der Waals surface area (Å²) < 4.78 is 16.4. The lowest BCUT2D eigenvalue weighted by atomic mass is 10.1. The largest absolute Gasteiger partial charge is 0.466 e. The molecular weight excluding hydrogens is 1140 g/mol. The molecule has 0 atom stereocenters. The van der Waals surface area contributed by atoms with Gasteiger partial charge in [0.15, 0.2) is 0 Å². The molecule has 512 valence electrons. The molecule has 0 aliphatic heterocycles. The summed E-state index contributed by atoms with van der Waals surface area (Å²) in [5.74, 6) is 6.28. The number of rotatable bonds is 71. The molecule has 0 saturated heterocycles. The van der Waals surface area contributed by atoms with E-state index in [0.717, 1.165) is 144 Å². The second-order valence-corrected chi connectivity index (χ2v) is 28.2. The highest BCUT2D eigenvalue weighted by Crippen LogP contribution is 2.17. The van der Waals surface area contributed by atoms with Crippen LogP contribution in [-0.2, 0) is 28.6 Å². The van der Waals surface area contributed by atoms with E-state index in [1.807, 2.05) is 0 Å². The van der Waals surface area contributed by atoms with Crippen LogP contribution < -0.4 is 16.0 Å². The molecule has 0 aromatic heterocycles. The molecule has 0 aliphatic rings. The van der Waals surface area contributed by atoms with E-state index in [9.17, 15) is 14.4 Å². The first kappa shape index (κ1) is 84.8. The third-order valence-corrected chi connectivity index (χ3v) is 19.2. The van der Waals surface area contributed by atoms with Gasteiger partial charge < -0.3 is 35.1 Å². The molecule has 0 aromatic carbocycles. The molecule has 0 fully saturated rings. The van der Waals surface area contributed by atoms with Crippen molar-refractivity contribution >= 4 is 70.7 Å². The molecule has 0 heterocycles. The van der Waals surface area contributed by atoms with Crippen LogP contribution in [0.15, 0.2) is 0 Å². The SMILES string of the molecule is CCCCCCCCCCCCCCOC(=O)CCSCCCC(=N)NCCCN(CCCNC(=N)CCCSCCC(=O)OCCCCCCCCCCCCCC)CCCNC(=N)CCSCCC(=O)OCCCCCCCCCCCCCC. The standard InChI is InChI=1S/C71H139N7O6S3/c1-4-7-10-13-16-19-22-25-28-31-34-37-57-82-69(79)48-63-85-60-40-45-66(72)75-51-42-54-78(56-44-53-77-68(74)47-62-87-65-50-71(81)84-59-39-36-33-30-27-24-21-18-15-12-9-6-3)55-43-52-76-67(73)46-41-61-86-64-49-70(80)83-58-38-35-32-29-26-23-20-17-14-11-8-5-2/h4-65H2,1-3H3,(H2,72,75)(H2,73,76)(H2,74,77). The Morgan fingerprint density at radius 1 is 0.287 bits per heavy atom. The van der Waals surface area contributed by atoms with Gasteiger partial charge in [0.1, 0.15) is 0 Å². The van der Waals surface area contributed by atoms with E-state index in [0.29, 0.717) is 75.9 Å². The van der Waals surface area contributed by atoms with Crippen molar-refractivity contribution in [3.63, 3.8) is 0 Å². The van der Waals surface area contributed by atoms with Crippen molar-refractivity contribution in [2.45, 2.75) is 323 Å². The smallest absolute Gasteiger partial charge is 0.306 e. The normalized spacial score (nSPS) is 11.3. The Kier molecular flexibility index (Phi) is 69.5. The number of ether oxygens (including phenoxy) is 3. The van der Waals surface area contributed by atoms with Gasteiger partial charge >= 0.3 is 17.9 Å². The van der Waals surface area contributed by atoms with E-state index < -0.39 is 0 Å². The lowest BCUT2D eigenvalue weighted by Gasteiger charge is -2.23. The first-order valence-electron chi connectivity index (χ1n) is 36.6. The third-order valence-electron chi connectivity index (χ3n) is 16.0. The van der Waals surface area contributed by atoms with Gasteiger partial charge in [0.2, 0.25) is 0 Å². The van der Waals surface area contributed by atoms with E-state index in [2.05, 4.69) is 41.6 Å². The van der Waals surface area contributed by atoms with Gasteiger partial charge in [-0.15, -0.1) is 0 Å². The van der Waals surface area contributed by atoms with Crippen LogP contribution in [0.5, 0.6) is 0 Å². The maximum absolute atomic E-state index is 12.3. The maximum Gasteiger partial charge on any atom is 0.306 e. The zero-order valence-corrected chi connectivity index (χ0v) is 59.4. The number of carbonyl (C=O) groups is 3. The van der Waals surface area contributed by atoms with Crippen LogP contribution in [0.3, 0.4) is 0 Å². The number of hydrogen-bond donors (Lipinski definition) is 6. The van der Waals surface area contributed by atoms with Crippen LogP contribution in [0.4, 0.5) is 0 Å². The number of hydrogen-bond acceptors (Lipinski definition) is 13. The fourth-order valence-corrected chi connectivity index (χ4v) is 13.1. The summed E-state index contributed by atoms with van der Waals surface area (Å²) in [6, 6.07) is 0. The molecule has 0 unspecified atom stereocenters. The van der Waals surface area contributed by atoms with E-state index in [1.54, 1.807) is 35.3 Å². The molecule has 0 radical (unpaired) electrons. The molecule has 16 heteroatoms. The van der Waals surface area contributed by atoms with Crippen LogP contribution in [0, 0.1) is 16.2 Å². The summed E-state index contributed by atoms with van der Waals surface area (Å²) in [4.78, 5) is 39.2. The number of nitrogens with zero attached hydrogens (tertiary/aromatic N) is 1. The molecule has 0 bridgehead atoms. The predicted molar refractivity (Wildman–Crippen MR) is 383 cm³/mol. The van der Waals surface area contributed by atoms with Gasteiger partial charge in [-0.2, -0.15) is 35.3 Å². The van der Waals surface area contributed by atoms with Crippen molar-refractivity contribution in [3.05, 3.63) is 0 Å². The molecular formula is C71H139N7O6S3. The van der Waals surface area contributed by atoms with Crippen LogP contribution >= 0.6 is 35.3 Å². The quantitative estimate of drug-likeness (QED) is 0.0111. The number of thioether (sulfide) groups is 3. The second-order valence-electron chi connectivity index (χ2n) is 24.5. The predicted octanol–water partition coefficient (Wildman–Crippen LogP) is 19.2. The molecule has 6 N–H and O–H groups in total. The van der Waals surface area contributed by atoms with Gasteiger partial charge in [-0.05, 0) is 82.5 Å². The minimum atomic E-state index is -0.110. The average molecular weight is 1280 g/mol. The Labute approximate surface area is 549 Å². The van der Waals surface area contributed by atoms with Gasteiger partial charge in [-0.25, -0.2) is 0 Å². The Bertz CT molecular complexity index is 1480. The van der Waals surface area contributed by atoms with Crippen LogP contribution in [0.1, 0.15) is 323 Å². The summed E-state index contributed by atoms with van der Waals surface area (Å²) in [7, 11) is 0. The monoisotopic (exact) mass is 1280 g/mol. The van der Waals surface area contributed by atoms with Crippen LogP contribution in [0.25, 0.3) is 0 Å². The van der Waals surface area contributed by atoms with E-state index in [4.69, 9.17) is 30.4 Å².